The lowest BCUT2D eigenvalue weighted by atomic mass is 10.2. The number of hydrogen-bond donors (Lipinski definition) is 1. The van der Waals surface area contributed by atoms with Crippen LogP contribution in [0.4, 0.5) is 5.82 Å². The number of nitrogens with two attached hydrogens (primary N) is 1. The van der Waals surface area contributed by atoms with Crippen molar-refractivity contribution in [2.45, 2.75) is 12.7 Å². The summed E-state index contributed by atoms with van der Waals surface area (Å²) in [5, 5.41) is 3.89. The van der Waals surface area contributed by atoms with E-state index in [9.17, 15) is 0 Å². The van der Waals surface area contributed by atoms with Crippen molar-refractivity contribution >= 4 is 17.6 Å². The first-order valence-electron chi connectivity index (χ1n) is 4.92. The Balaban J connectivity index is 2.18. The molecule has 2 heterocycles. The van der Waals surface area contributed by atoms with Crippen LogP contribution in [0.5, 0.6) is 0 Å². The van der Waals surface area contributed by atoms with Gasteiger partial charge in [-0.05, 0) is 17.9 Å². The molecule has 84 valence electrons. The SMILES string of the molecule is CCSCc1noc(-c2ccnc(N)c2)n1. The lowest BCUT2D eigenvalue weighted by Crippen LogP contribution is -1.89. The topological polar surface area (TPSA) is 77.8 Å². The molecule has 0 aliphatic carbocycles. The van der Waals surface area contributed by atoms with Gasteiger partial charge in [0.15, 0.2) is 5.82 Å². The van der Waals surface area contributed by atoms with Gasteiger partial charge in [0, 0.05) is 11.8 Å². The molecule has 16 heavy (non-hydrogen) atoms. The maximum atomic E-state index is 5.58. The quantitative estimate of drug-likeness (QED) is 0.874. The van der Waals surface area contributed by atoms with E-state index in [2.05, 4.69) is 22.0 Å². The fourth-order valence-electron chi connectivity index (χ4n) is 1.20. The van der Waals surface area contributed by atoms with Gasteiger partial charge in [-0.15, -0.1) is 0 Å². The first-order chi connectivity index (χ1) is 7.79. The van der Waals surface area contributed by atoms with Crippen molar-refractivity contribution < 1.29 is 4.52 Å². The molecule has 2 aromatic heterocycles. The summed E-state index contributed by atoms with van der Waals surface area (Å²) in [4.78, 5) is 8.18. The van der Waals surface area contributed by atoms with E-state index in [0.717, 1.165) is 17.1 Å². The van der Waals surface area contributed by atoms with Crippen molar-refractivity contribution in [2.75, 3.05) is 11.5 Å². The van der Waals surface area contributed by atoms with E-state index < -0.39 is 0 Å². The monoisotopic (exact) mass is 236 g/mol. The van der Waals surface area contributed by atoms with Gasteiger partial charge in [0.1, 0.15) is 5.82 Å². The molecule has 2 N–H and O–H groups in total. The minimum Gasteiger partial charge on any atom is -0.384 e. The first-order valence-corrected chi connectivity index (χ1v) is 6.07. The number of aromatic nitrogens is 3. The minimum atomic E-state index is 0.445. The highest BCUT2D eigenvalue weighted by atomic mass is 32.2. The van der Waals surface area contributed by atoms with E-state index in [-0.39, 0.29) is 0 Å². The van der Waals surface area contributed by atoms with Gasteiger partial charge in [-0.3, -0.25) is 0 Å². The average molecular weight is 236 g/mol. The third-order valence-electron chi connectivity index (χ3n) is 1.93. The van der Waals surface area contributed by atoms with Gasteiger partial charge in [-0.2, -0.15) is 16.7 Å². The molecule has 0 saturated carbocycles. The molecule has 2 aromatic rings. The minimum absolute atomic E-state index is 0.445. The van der Waals surface area contributed by atoms with Crippen LogP contribution >= 0.6 is 11.8 Å². The lowest BCUT2D eigenvalue weighted by Gasteiger charge is -1.94. The maximum Gasteiger partial charge on any atom is 0.258 e. The van der Waals surface area contributed by atoms with Crippen molar-refractivity contribution in [3.63, 3.8) is 0 Å². The highest BCUT2D eigenvalue weighted by Crippen LogP contribution is 2.19. The van der Waals surface area contributed by atoms with Crippen LogP contribution in [0.15, 0.2) is 22.9 Å². The molecule has 0 unspecified atom stereocenters. The Bertz CT molecular complexity index is 471. The summed E-state index contributed by atoms with van der Waals surface area (Å²) in [5.74, 6) is 3.44. The summed E-state index contributed by atoms with van der Waals surface area (Å²) in [6, 6.07) is 3.50. The molecule has 0 aromatic carbocycles. The Morgan fingerprint density at radius 1 is 1.50 bits per heavy atom. The number of pyridine rings is 1. The number of thioether (sulfide) groups is 1. The first kappa shape index (κ1) is 10.9. The number of nitrogens with zero attached hydrogens (tertiary/aromatic N) is 3. The van der Waals surface area contributed by atoms with E-state index in [1.54, 1.807) is 30.1 Å². The number of nitrogen functional groups attached to an aromatic ring is 1. The third kappa shape index (κ3) is 2.52. The second-order valence-electron chi connectivity index (χ2n) is 3.12. The highest BCUT2D eigenvalue weighted by Gasteiger charge is 2.08. The Morgan fingerprint density at radius 2 is 2.38 bits per heavy atom. The summed E-state index contributed by atoms with van der Waals surface area (Å²) >= 11 is 1.75. The normalized spacial score (nSPS) is 10.6. The summed E-state index contributed by atoms with van der Waals surface area (Å²) < 4.78 is 5.14. The molecule has 2 rings (SSSR count). The van der Waals surface area contributed by atoms with Crippen molar-refractivity contribution in [3.8, 4) is 11.5 Å². The molecule has 6 heteroatoms. The van der Waals surface area contributed by atoms with Crippen LogP contribution in [0.1, 0.15) is 12.7 Å². The van der Waals surface area contributed by atoms with Crippen LogP contribution in [0.25, 0.3) is 11.5 Å². The Hall–Kier alpha value is -1.56. The second kappa shape index (κ2) is 4.98. The molecule has 0 aliphatic rings. The van der Waals surface area contributed by atoms with E-state index in [1.165, 1.54) is 0 Å². The van der Waals surface area contributed by atoms with Crippen LogP contribution < -0.4 is 5.73 Å². The van der Waals surface area contributed by atoms with Crippen LogP contribution in [0, 0.1) is 0 Å². The Kier molecular flexibility index (Phi) is 3.40. The summed E-state index contributed by atoms with van der Waals surface area (Å²) in [7, 11) is 0. The third-order valence-corrected chi connectivity index (χ3v) is 2.80. The average Bonchev–Trinajstić information content (AvgIpc) is 2.75. The fraction of sp³-hybridized carbons (Fsp3) is 0.300. The number of anilines is 1. The zero-order valence-corrected chi connectivity index (χ0v) is 9.70. The van der Waals surface area contributed by atoms with Crippen molar-refractivity contribution in [1.29, 1.82) is 0 Å². The Labute approximate surface area is 97.5 Å². The largest absolute Gasteiger partial charge is 0.384 e. The molecule has 0 saturated heterocycles. The van der Waals surface area contributed by atoms with E-state index in [0.29, 0.717) is 17.5 Å². The van der Waals surface area contributed by atoms with Crippen LogP contribution in [-0.4, -0.2) is 20.9 Å². The highest BCUT2D eigenvalue weighted by molar-refractivity contribution is 7.98. The van der Waals surface area contributed by atoms with Crippen molar-refractivity contribution in [1.82, 2.24) is 15.1 Å². The molecule has 0 amide bonds. The standard InChI is InChI=1S/C10H12N4OS/c1-2-16-6-9-13-10(15-14-9)7-3-4-12-8(11)5-7/h3-5H,2,6H2,1H3,(H2,11,12). The summed E-state index contributed by atoms with van der Waals surface area (Å²) in [6.07, 6.45) is 1.62. The molecule has 0 radical (unpaired) electrons. The van der Waals surface area contributed by atoms with Gasteiger partial charge in [-0.1, -0.05) is 12.1 Å². The van der Waals surface area contributed by atoms with Gasteiger partial charge < -0.3 is 10.3 Å². The van der Waals surface area contributed by atoms with E-state index in [4.69, 9.17) is 10.3 Å². The molecule has 0 aliphatic heterocycles. The van der Waals surface area contributed by atoms with Crippen molar-refractivity contribution in [3.05, 3.63) is 24.2 Å². The van der Waals surface area contributed by atoms with E-state index in [1.807, 2.05) is 0 Å². The smallest absolute Gasteiger partial charge is 0.258 e. The lowest BCUT2D eigenvalue weighted by molar-refractivity contribution is 0.425. The number of hydrogen-bond acceptors (Lipinski definition) is 6. The molecule has 0 fully saturated rings. The predicted molar refractivity (Wildman–Crippen MR) is 63.8 cm³/mol. The van der Waals surface area contributed by atoms with Crippen LogP contribution in [0.2, 0.25) is 0 Å². The molecule has 0 atom stereocenters. The molecular weight excluding hydrogens is 224 g/mol. The molecule has 0 bridgehead atoms. The zero-order chi connectivity index (χ0) is 11.4. The second-order valence-corrected chi connectivity index (χ2v) is 4.40. The van der Waals surface area contributed by atoms with Gasteiger partial charge in [-0.25, -0.2) is 4.98 Å². The van der Waals surface area contributed by atoms with Crippen LogP contribution in [0.3, 0.4) is 0 Å². The fourth-order valence-corrected chi connectivity index (χ4v) is 1.71. The van der Waals surface area contributed by atoms with Gasteiger partial charge in [0.05, 0.1) is 5.75 Å². The van der Waals surface area contributed by atoms with E-state index >= 15 is 0 Å². The Morgan fingerprint density at radius 3 is 3.12 bits per heavy atom. The van der Waals surface area contributed by atoms with Crippen LogP contribution in [-0.2, 0) is 5.75 Å². The summed E-state index contributed by atoms with van der Waals surface area (Å²) in [5.41, 5.74) is 6.38. The summed E-state index contributed by atoms with van der Waals surface area (Å²) in [6.45, 7) is 2.09. The zero-order valence-electron chi connectivity index (χ0n) is 8.88. The molecular formula is C10H12N4OS. The van der Waals surface area contributed by atoms with Gasteiger partial charge in [0.25, 0.3) is 5.89 Å². The predicted octanol–water partition coefficient (Wildman–Crippen LogP) is 1.97. The van der Waals surface area contributed by atoms with Gasteiger partial charge in [0.2, 0.25) is 0 Å². The molecule has 0 spiro atoms. The maximum absolute atomic E-state index is 5.58. The molecule has 5 nitrogen and oxygen atoms in total. The number of rotatable bonds is 4. The van der Waals surface area contributed by atoms with Gasteiger partial charge >= 0.3 is 0 Å². The van der Waals surface area contributed by atoms with Crippen molar-refractivity contribution in [2.24, 2.45) is 0 Å².